The summed E-state index contributed by atoms with van der Waals surface area (Å²) in [7, 11) is 0. The third-order valence-electron chi connectivity index (χ3n) is 3.45. The topological polar surface area (TPSA) is 76.5 Å². The lowest BCUT2D eigenvalue weighted by molar-refractivity contribution is -0.140. The van der Waals surface area contributed by atoms with Gasteiger partial charge in [-0.15, -0.1) is 11.3 Å². The molecule has 3 aromatic heterocycles. The predicted molar refractivity (Wildman–Crippen MR) is 104 cm³/mol. The van der Waals surface area contributed by atoms with E-state index in [-0.39, 0.29) is 0 Å². The van der Waals surface area contributed by atoms with Crippen molar-refractivity contribution in [1.29, 1.82) is 0 Å². The van der Waals surface area contributed by atoms with E-state index in [1.54, 1.807) is 13.1 Å². The van der Waals surface area contributed by atoms with Crippen LogP contribution in [0.5, 0.6) is 0 Å². The van der Waals surface area contributed by atoms with Crippen LogP contribution < -0.4 is 5.32 Å². The molecule has 3 rings (SSSR count). The number of rotatable bonds is 5. The number of carbonyl (C=O) groups is 1. The highest BCUT2D eigenvalue weighted by Gasteiger charge is 2.08. The zero-order valence-electron chi connectivity index (χ0n) is 14.7. The van der Waals surface area contributed by atoms with E-state index in [0.29, 0.717) is 5.71 Å². The first-order valence-corrected chi connectivity index (χ1v) is 8.82. The Bertz CT molecular complexity index is 965. The van der Waals surface area contributed by atoms with Gasteiger partial charge in [-0.2, -0.15) is 0 Å². The van der Waals surface area contributed by atoms with E-state index in [2.05, 4.69) is 20.4 Å². The SMILES string of the molecule is CC(=O)ON=C(C)c1ccc(-c2cccc(Nc3cc(C)ccn3)n2)s1. The molecule has 0 fully saturated rings. The monoisotopic (exact) mass is 366 g/mol. The van der Waals surface area contributed by atoms with Crippen molar-refractivity contribution in [3.63, 3.8) is 0 Å². The molecule has 0 radical (unpaired) electrons. The van der Waals surface area contributed by atoms with E-state index in [4.69, 9.17) is 4.84 Å². The maximum Gasteiger partial charge on any atom is 0.331 e. The number of aromatic nitrogens is 2. The molecule has 0 spiro atoms. The van der Waals surface area contributed by atoms with Crippen molar-refractivity contribution >= 4 is 34.7 Å². The number of pyridine rings is 2. The molecule has 0 aromatic carbocycles. The highest BCUT2D eigenvalue weighted by atomic mass is 32.1. The molecule has 0 atom stereocenters. The third-order valence-corrected chi connectivity index (χ3v) is 4.66. The third kappa shape index (κ3) is 4.52. The second kappa shape index (κ2) is 7.88. The van der Waals surface area contributed by atoms with Gasteiger partial charge < -0.3 is 10.2 Å². The molecule has 3 aromatic rings. The quantitative estimate of drug-likeness (QED) is 0.407. The molecule has 0 aliphatic heterocycles. The van der Waals surface area contributed by atoms with Gasteiger partial charge in [0.15, 0.2) is 0 Å². The number of nitrogens with zero attached hydrogens (tertiary/aromatic N) is 3. The summed E-state index contributed by atoms with van der Waals surface area (Å²) in [5.74, 6) is 1.04. The van der Waals surface area contributed by atoms with Gasteiger partial charge in [0.05, 0.1) is 21.2 Å². The Morgan fingerprint density at radius 2 is 2.00 bits per heavy atom. The fourth-order valence-corrected chi connectivity index (χ4v) is 3.14. The summed E-state index contributed by atoms with van der Waals surface area (Å²) >= 11 is 1.54. The summed E-state index contributed by atoms with van der Waals surface area (Å²) in [5, 5.41) is 7.04. The molecule has 0 saturated heterocycles. The molecular weight excluding hydrogens is 348 g/mol. The van der Waals surface area contributed by atoms with Crippen molar-refractivity contribution in [1.82, 2.24) is 9.97 Å². The lowest BCUT2D eigenvalue weighted by Gasteiger charge is -2.06. The van der Waals surface area contributed by atoms with E-state index in [1.165, 1.54) is 18.3 Å². The number of hydrogen-bond acceptors (Lipinski definition) is 7. The van der Waals surface area contributed by atoms with E-state index in [0.717, 1.165) is 32.6 Å². The Morgan fingerprint density at radius 1 is 1.15 bits per heavy atom. The summed E-state index contributed by atoms with van der Waals surface area (Å²) in [6, 6.07) is 13.6. The first-order chi connectivity index (χ1) is 12.5. The minimum atomic E-state index is -0.439. The molecule has 1 N–H and O–H groups in total. The van der Waals surface area contributed by atoms with Crippen molar-refractivity contribution in [2.24, 2.45) is 5.16 Å². The lowest BCUT2D eigenvalue weighted by Crippen LogP contribution is -1.97. The van der Waals surface area contributed by atoms with Gasteiger partial charge in [-0.1, -0.05) is 11.2 Å². The van der Waals surface area contributed by atoms with E-state index >= 15 is 0 Å². The Labute approximate surface area is 155 Å². The zero-order valence-corrected chi connectivity index (χ0v) is 15.5. The van der Waals surface area contributed by atoms with Gasteiger partial charge in [0.1, 0.15) is 11.6 Å². The number of hydrogen-bond donors (Lipinski definition) is 1. The van der Waals surface area contributed by atoms with Crippen LogP contribution in [0.25, 0.3) is 10.6 Å². The van der Waals surface area contributed by atoms with Crippen LogP contribution in [-0.2, 0) is 9.63 Å². The van der Waals surface area contributed by atoms with E-state index in [1.807, 2.05) is 49.4 Å². The van der Waals surface area contributed by atoms with Gasteiger partial charge in [-0.05, 0) is 55.8 Å². The Hall–Kier alpha value is -3.06. The smallest absolute Gasteiger partial charge is 0.325 e. The maximum absolute atomic E-state index is 10.9. The van der Waals surface area contributed by atoms with Gasteiger partial charge in [0, 0.05) is 13.1 Å². The van der Waals surface area contributed by atoms with Crippen LogP contribution in [0.1, 0.15) is 24.3 Å². The van der Waals surface area contributed by atoms with Gasteiger partial charge >= 0.3 is 5.97 Å². The van der Waals surface area contributed by atoms with Gasteiger partial charge in [0.2, 0.25) is 0 Å². The van der Waals surface area contributed by atoms with Gasteiger partial charge in [-0.25, -0.2) is 14.8 Å². The van der Waals surface area contributed by atoms with Crippen LogP contribution in [0.2, 0.25) is 0 Å². The van der Waals surface area contributed by atoms with Crippen molar-refractivity contribution in [2.75, 3.05) is 5.32 Å². The first kappa shape index (κ1) is 17.8. The molecule has 0 amide bonds. The second-order valence-electron chi connectivity index (χ2n) is 5.67. The minimum Gasteiger partial charge on any atom is -0.325 e. The lowest BCUT2D eigenvalue weighted by atomic mass is 10.2. The highest BCUT2D eigenvalue weighted by Crippen LogP contribution is 2.28. The number of nitrogens with one attached hydrogen (secondary N) is 1. The van der Waals surface area contributed by atoms with Crippen LogP contribution in [0.3, 0.4) is 0 Å². The Morgan fingerprint density at radius 3 is 2.77 bits per heavy atom. The number of carbonyl (C=O) groups excluding carboxylic acids is 1. The second-order valence-corrected chi connectivity index (χ2v) is 6.76. The number of thiophene rings is 1. The van der Waals surface area contributed by atoms with Crippen molar-refractivity contribution < 1.29 is 9.63 Å². The summed E-state index contributed by atoms with van der Waals surface area (Å²) in [4.78, 5) is 26.4. The Kier molecular flexibility index (Phi) is 5.38. The van der Waals surface area contributed by atoms with Crippen molar-refractivity contribution in [3.8, 4) is 10.6 Å². The fraction of sp³-hybridized carbons (Fsp3) is 0.158. The van der Waals surface area contributed by atoms with Crippen LogP contribution in [0.15, 0.2) is 53.8 Å². The summed E-state index contributed by atoms with van der Waals surface area (Å²) in [6.07, 6.45) is 1.76. The summed E-state index contributed by atoms with van der Waals surface area (Å²) in [5.41, 5.74) is 2.62. The number of anilines is 2. The maximum atomic E-state index is 10.9. The first-order valence-electron chi connectivity index (χ1n) is 8.01. The summed E-state index contributed by atoms with van der Waals surface area (Å²) in [6.45, 7) is 5.14. The molecule has 132 valence electrons. The molecule has 26 heavy (non-hydrogen) atoms. The molecule has 7 heteroatoms. The van der Waals surface area contributed by atoms with Crippen molar-refractivity contribution in [3.05, 3.63) is 59.1 Å². The molecule has 0 unspecified atom stereocenters. The minimum absolute atomic E-state index is 0.439. The largest absolute Gasteiger partial charge is 0.331 e. The molecule has 0 bridgehead atoms. The average Bonchev–Trinajstić information content (AvgIpc) is 3.10. The van der Waals surface area contributed by atoms with Gasteiger partial charge in [-0.3, -0.25) is 0 Å². The Balaban J connectivity index is 1.80. The van der Waals surface area contributed by atoms with Crippen LogP contribution >= 0.6 is 11.3 Å². The fourth-order valence-electron chi connectivity index (χ4n) is 2.23. The molecule has 6 nitrogen and oxygen atoms in total. The standard InChI is InChI=1S/C19H18N4O2S/c1-12-9-10-20-19(11-12)22-18-6-4-5-15(21-18)17-8-7-16(26-17)13(2)23-25-14(3)24/h4-11H,1-3H3,(H,20,21,22). The molecular formula is C19H18N4O2S. The van der Waals surface area contributed by atoms with Gasteiger partial charge in [0.25, 0.3) is 0 Å². The van der Waals surface area contributed by atoms with Crippen LogP contribution in [-0.4, -0.2) is 21.6 Å². The molecule has 0 aliphatic carbocycles. The summed E-state index contributed by atoms with van der Waals surface area (Å²) < 4.78 is 0. The normalized spacial score (nSPS) is 11.3. The highest BCUT2D eigenvalue weighted by molar-refractivity contribution is 7.17. The molecule has 3 heterocycles. The predicted octanol–water partition coefficient (Wildman–Crippen LogP) is 4.54. The van der Waals surface area contributed by atoms with Crippen LogP contribution in [0, 0.1) is 6.92 Å². The van der Waals surface area contributed by atoms with E-state index in [9.17, 15) is 4.79 Å². The van der Waals surface area contributed by atoms with Crippen LogP contribution in [0.4, 0.5) is 11.6 Å². The number of aryl methyl sites for hydroxylation is 1. The zero-order chi connectivity index (χ0) is 18.5. The molecule has 0 aliphatic rings. The average molecular weight is 366 g/mol. The van der Waals surface area contributed by atoms with Crippen molar-refractivity contribution in [2.45, 2.75) is 20.8 Å². The number of oxime groups is 1. The molecule has 0 saturated carbocycles. The van der Waals surface area contributed by atoms with E-state index < -0.39 is 5.97 Å².